The van der Waals surface area contributed by atoms with Crippen molar-refractivity contribution < 1.29 is 14.8 Å². The highest BCUT2D eigenvalue weighted by molar-refractivity contribution is 5.96. The van der Waals surface area contributed by atoms with E-state index in [1.165, 1.54) is 0 Å². The molecule has 4 aliphatic carbocycles. The summed E-state index contributed by atoms with van der Waals surface area (Å²) in [5.74, 6) is 2.19. The van der Waals surface area contributed by atoms with E-state index in [4.69, 9.17) is 10.6 Å². The zero-order valence-corrected chi connectivity index (χ0v) is 17.8. The molecular weight excluding hydrogens is 378 g/mol. The molecule has 0 aromatic rings. The van der Waals surface area contributed by atoms with Crippen molar-refractivity contribution in [1.29, 1.82) is 0 Å². The van der Waals surface area contributed by atoms with E-state index in [0.717, 1.165) is 62.8 Å². The van der Waals surface area contributed by atoms with E-state index in [2.05, 4.69) is 24.2 Å². The summed E-state index contributed by atoms with van der Waals surface area (Å²) in [7, 11) is 0. The zero-order chi connectivity index (χ0) is 19.2. The number of hydrogen-bond donors (Lipinski definition) is 2. The number of Topliss-reactive ketones (excluding diaryl/α,β-unsaturated/α-hetero) is 1. The molecule has 0 bridgehead atoms. The smallest absolute Gasteiger partial charge is 0.139 e. The Kier molecular flexibility index (Phi) is 6.12. The van der Waals surface area contributed by atoms with Gasteiger partial charge in [-0.15, -0.1) is 12.4 Å². The maximum atomic E-state index is 12.6. The lowest BCUT2D eigenvalue weighted by atomic mass is 9.45. The number of carbonyl (C=O) groups excluding carboxylic acids is 1. The maximum Gasteiger partial charge on any atom is 0.139 e. The number of nitrogens with zero attached hydrogens (tertiary/aromatic N) is 2. The molecule has 0 aromatic carbocycles. The second kappa shape index (κ2) is 7.94. The summed E-state index contributed by atoms with van der Waals surface area (Å²) in [6, 6.07) is 0. The first kappa shape index (κ1) is 21.6. The van der Waals surface area contributed by atoms with Crippen LogP contribution in [-0.2, 0) is 9.63 Å². The Morgan fingerprint density at radius 1 is 1.18 bits per heavy atom. The molecule has 4 saturated carbocycles. The van der Waals surface area contributed by atoms with Gasteiger partial charge in [0.2, 0.25) is 0 Å². The predicted octanol–water partition coefficient (Wildman–Crippen LogP) is 3.79. The molecule has 3 N–H and O–H groups in total. The molecule has 28 heavy (non-hydrogen) atoms. The van der Waals surface area contributed by atoms with Gasteiger partial charge in [-0.3, -0.25) is 4.79 Å². The summed E-state index contributed by atoms with van der Waals surface area (Å²) < 4.78 is 0. The van der Waals surface area contributed by atoms with Gasteiger partial charge in [0.25, 0.3) is 0 Å². The molecule has 0 spiro atoms. The Morgan fingerprint density at radius 2 is 1.96 bits per heavy atom. The number of carbonyl (C=O) groups is 1. The van der Waals surface area contributed by atoms with Gasteiger partial charge >= 0.3 is 0 Å². The number of oxime groups is 2. The fourth-order valence-corrected chi connectivity index (χ4v) is 7.03. The molecule has 0 heterocycles. The topological polar surface area (TPSA) is 97.3 Å². The van der Waals surface area contributed by atoms with Crippen molar-refractivity contribution in [3.05, 3.63) is 0 Å². The van der Waals surface area contributed by atoms with Crippen LogP contribution in [0.25, 0.3) is 0 Å². The summed E-state index contributed by atoms with van der Waals surface area (Å²) in [6.07, 6.45) is 7.48. The van der Waals surface area contributed by atoms with Gasteiger partial charge in [0, 0.05) is 24.3 Å². The van der Waals surface area contributed by atoms with Crippen LogP contribution >= 0.6 is 12.4 Å². The van der Waals surface area contributed by atoms with Gasteiger partial charge in [-0.05, 0) is 68.1 Å². The third kappa shape index (κ3) is 3.17. The molecule has 4 fully saturated rings. The van der Waals surface area contributed by atoms with E-state index in [0.29, 0.717) is 36.7 Å². The van der Waals surface area contributed by atoms with Gasteiger partial charge in [-0.1, -0.05) is 24.2 Å². The van der Waals surface area contributed by atoms with Crippen LogP contribution in [0.4, 0.5) is 0 Å². The summed E-state index contributed by atoms with van der Waals surface area (Å²) in [6.45, 7) is 5.47. The van der Waals surface area contributed by atoms with Crippen LogP contribution in [0.1, 0.15) is 65.2 Å². The molecule has 4 aliphatic rings. The van der Waals surface area contributed by atoms with Crippen molar-refractivity contribution in [3.8, 4) is 0 Å². The monoisotopic (exact) mass is 411 g/mol. The summed E-state index contributed by atoms with van der Waals surface area (Å²) in [5, 5.41) is 17.9. The van der Waals surface area contributed by atoms with Crippen LogP contribution in [0.15, 0.2) is 10.3 Å². The van der Waals surface area contributed by atoms with E-state index in [9.17, 15) is 10.0 Å². The molecule has 4 rings (SSSR count). The molecular formula is C21H34ClN3O3. The van der Waals surface area contributed by atoms with E-state index in [1.54, 1.807) is 0 Å². The molecule has 0 radical (unpaired) electrons. The Hall–Kier alpha value is -1.14. The van der Waals surface area contributed by atoms with E-state index >= 15 is 0 Å². The third-order valence-electron chi connectivity index (χ3n) is 8.56. The third-order valence-corrected chi connectivity index (χ3v) is 8.56. The Balaban J connectivity index is 0.00000225. The highest BCUT2D eigenvalue weighted by Gasteiger charge is 2.61. The van der Waals surface area contributed by atoms with Crippen molar-refractivity contribution in [2.45, 2.75) is 65.2 Å². The van der Waals surface area contributed by atoms with Crippen molar-refractivity contribution >= 4 is 29.6 Å². The SMILES string of the molecule is C[C@]12CCC(=NOCCN)CC1C(=NO)C[C@@H]1[C@@H]2CC[C@]2(C)C(=O)CC[C@@H]12.Cl. The van der Waals surface area contributed by atoms with Gasteiger partial charge in [0.1, 0.15) is 12.4 Å². The van der Waals surface area contributed by atoms with Gasteiger partial charge in [-0.25, -0.2) is 0 Å². The largest absolute Gasteiger partial charge is 0.411 e. The number of fused-ring (bicyclic) bond motifs is 5. The first-order valence-electron chi connectivity index (χ1n) is 10.6. The molecule has 0 saturated heterocycles. The average molecular weight is 412 g/mol. The van der Waals surface area contributed by atoms with Crippen molar-refractivity contribution in [2.75, 3.05) is 13.2 Å². The number of halogens is 1. The van der Waals surface area contributed by atoms with Crippen LogP contribution in [0.2, 0.25) is 0 Å². The minimum Gasteiger partial charge on any atom is -0.411 e. The van der Waals surface area contributed by atoms with Crippen molar-refractivity contribution in [3.63, 3.8) is 0 Å². The molecule has 0 amide bonds. The Bertz CT molecular complexity index is 682. The summed E-state index contributed by atoms with van der Waals surface area (Å²) >= 11 is 0. The van der Waals surface area contributed by atoms with E-state index in [-0.39, 0.29) is 29.2 Å². The molecule has 6 atom stereocenters. The Labute approximate surface area is 173 Å². The van der Waals surface area contributed by atoms with Crippen LogP contribution in [0.5, 0.6) is 0 Å². The molecule has 6 nitrogen and oxygen atoms in total. The highest BCUT2D eigenvalue weighted by atomic mass is 35.5. The first-order valence-corrected chi connectivity index (χ1v) is 10.6. The molecule has 1 unspecified atom stereocenters. The molecule has 158 valence electrons. The van der Waals surface area contributed by atoms with Crippen LogP contribution in [-0.4, -0.2) is 35.6 Å². The maximum absolute atomic E-state index is 12.6. The highest BCUT2D eigenvalue weighted by Crippen LogP contribution is 2.64. The fraction of sp³-hybridized carbons (Fsp3) is 0.857. The summed E-state index contributed by atoms with van der Waals surface area (Å²) in [4.78, 5) is 17.9. The normalized spacial score (nSPS) is 45.2. The zero-order valence-electron chi connectivity index (χ0n) is 17.0. The van der Waals surface area contributed by atoms with Gasteiger partial charge in [0.15, 0.2) is 0 Å². The predicted molar refractivity (Wildman–Crippen MR) is 111 cm³/mol. The van der Waals surface area contributed by atoms with E-state index < -0.39 is 0 Å². The molecule has 7 heteroatoms. The molecule has 0 aromatic heterocycles. The van der Waals surface area contributed by atoms with Crippen LogP contribution in [0.3, 0.4) is 0 Å². The lowest BCUT2D eigenvalue weighted by molar-refractivity contribution is -0.133. The number of nitrogens with two attached hydrogens (primary N) is 1. The lowest BCUT2D eigenvalue weighted by Crippen LogP contribution is -2.56. The van der Waals surface area contributed by atoms with Crippen LogP contribution < -0.4 is 5.73 Å². The number of rotatable bonds is 3. The van der Waals surface area contributed by atoms with Crippen molar-refractivity contribution in [1.82, 2.24) is 0 Å². The minimum absolute atomic E-state index is 0. The second-order valence-corrected chi connectivity index (χ2v) is 9.63. The summed E-state index contributed by atoms with van der Waals surface area (Å²) in [5.41, 5.74) is 7.41. The van der Waals surface area contributed by atoms with Crippen LogP contribution in [0, 0.1) is 34.5 Å². The van der Waals surface area contributed by atoms with Gasteiger partial charge in [-0.2, -0.15) is 0 Å². The quantitative estimate of drug-likeness (QED) is 0.419. The lowest BCUT2D eigenvalue weighted by Gasteiger charge is -2.59. The van der Waals surface area contributed by atoms with Crippen molar-refractivity contribution in [2.24, 2.45) is 50.5 Å². The number of hydrogen-bond acceptors (Lipinski definition) is 6. The standard InChI is InChI=1S/C21H33N3O3.ClH/c1-20-7-5-13(24-27-10-9-22)11-17(20)18(23-26)12-14-15-3-4-19(25)21(15,2)8-6-16(14)20;/h14-17,26H,3-12,22H2,1-2H3;1H/t14-,15-,16-,17?,20+,21-;/m0./s1. The number of ketones is 1. The Morgan fingerprint density at radius 3 is 2.68 bits per heavy atom. The van der Waals surface area contributed by atoms with Gasteiger partial charge in [0.05, 0.1) is 11.4 Å². The molecule has 0 aliphatic heterocycles. The fourth-order valence-electron chi connectivity index (χ4n) is 7.03. The average Bonchev–Trinajstić information content (AvgIpc) is 2.96. The van der Waals surface area contributed by atoms with E-state index in [1.807, 2.05) is 0 Å². The second-order valence-electron chi connectivity index (χ2n) is 9.63. The minimum atomic E-state index is -0.151. The van der Waals surface area contributed by atoms with Gasteiger partial charge < -0.3 is 15.8 Å². The first-order chi connectivity index (χ1) is 12.9.